The smallest absolute Gasteiger partial charge is 0.154 e. The zero-order chi connectivity index (χ0) is 10.8. The molecule has 0 aliphatic heterocycles. The number of anilines is 1. The number of hydrogen-bond donors (Lipinski definition) is 1. The minimum Gasteiger partial charge on any atom is -0.399 e. The Morgan fingerprint density at radius 2 is 2.07 bits per heavy atom. The average molecular weight is 234 g/mol. The van der Waals surface area contributed by atoms with Crippen LogP contribution in [0.4, 0.5) is 5.69 Å². The van der Waals surface area contributed by atoms with Crippen molar-refractivity contribution in [1.29, 1.82) is 0 Å². The van der Waals surface area contributed by atoms with Gasteiger partial charge in [-0.2, -0.15) is 0 Å². The second-order valence-electron chi connectivity index (χ2n) is 3.03. The number of hydrogen-bond acceptors (Lipinski definition) is 3. The third-order valence-electron chi connectivity index (χ3n) is 1.89. The highest BCUT2D eigenvalue weighted by atomic mass is 35.5. The molecule has 14 heavy (non-hydrogen) atoms. The molecule has 0 aromatic heterocycles. The van der Waals surface area contributed by atoms with E-state index < -0.39 is 9.84 Å². The van der Waals surface area contributed by atoms with Crippen molar-refractivity contribution < 1.29 is 8.42 Å². The largest absolute Gasteiger partial charge is 0.399 e. The SMILES string of the molecule is CCS(=O)(=O)Cc1ccc(N)cc1Cl. The van der Waals surface area contributed by atoms with Gasteiger partial charge in [-0.15, -0.1) is 0 Å². The van der Waals surface area contributed by atoms with E-state index >= 15 is 0 Å². The van der Waals surface area contributed by atoms with E-state index in [1.165, 1.54) is 0 Å². The molecule has 0 unspecified atom stereocenters. The highest BCUT2D eigenvalue weighted by molar-refractivity contribution is 7.90. The summed E-state index contributed by atoms with van der Waals surface area (Å²) in [5, 5.41) is 0.405. The Kier molecular flexibility index (Phi) is 3.39. The summed E-state index contributed by atoms with van der Waals surface area (Å²) < 4.78 is 22.6. The van der Waals surface area contributed by atoms with E-state index in [1.54, 1.807) is 25.1 Å². The summed E-state index contributed by atoms with van der Waals surface area (Å²) in [7, 11) is -3.03. The number of nitrogens with two attached hydrogens (primary N) is 1. The topological polar surface area (TPSA) is 60.2 Å². The molecule has 0 atom stereocenters. The Labute approximate surface area is 88.8 Å². The van der Waals surface area contributed by atoms with Crippen LogP contribution in [0.25, 0.3) is 0 Å². The van der Waals surface area contributed by atoms with Gasteiger partial charge in [-0.1, -0.05) is 24.6 Å². The van der Waals surface area contributed by atoms with Gasteiger partial charge in [0.05, 0.1) is 5.75 Å². The lowest BCUT2D eigenvalue weighted by molar-refractivity contribution is 0.596. The summed E-state index contributed by atoms with van der Waals surface area (Å²) in [6, 6.07) is 4.85. The summed E-state index contributed by atoms with van der Waals surface area (Å²) in [4.78, 5) is 0. The number of rotatable bonds is 3. The van der Waals surface area contributed by atoms with Gasteiger partial charge in [0.25, 0.3) is 0 Å². The van der Waals surface area contributed by atoms with Crippen LogP contribution in [0.5, 0.6) is 0 Å². The highest BCUT2D eigenvalue weighted by Crippen LogP contribution is 2.21. The van der Waals surface area contributed by atoms with Crippen LogP contribution in [0.1, 0.15) is 12.5 Å². The molecule has 0 amide bonds. The number of nitrogen functional groups attached to an aromatic ring is 1. The van der Waals surface area contributed by atoms with Crippen LogP contribution in [0, 0.1) is 0 Å². The second kappa shape index (κ2) is 4.19. The Morgan fingerprint density at radius 1 is 1.43 bits per heavy atom. The van der Waals surface area contributed by atoms with Gasteiger partial charge in [0.2, 0.25) is 0 Å². The first kappa shape index (κ1) is 11.3. The molecular formula is C9H12ClNO2S. The Bertz CT molecular complexity index is 428. The van der Waals surface area contributed by atoms with Gasteiger partial charge in [0.1, 0.15) is 0 Å². The highest BCUT2D eigenvalue weighted by Gasteiger charge is 2.11. The van der Waals surface area contributed by atoms with Crippen LogP contribution in [0.3, 0.4) is 0 Å². The maximum atomic E-state index is 11.3. The molecule has 5 heteroatoms. The van der Waals surface area contributed by atoms with Crippen molar-refractivity contribution in [2.45, 2.75) is 12.7 Å². The molecular weight excluding hydrogens is 222 g/mol. The van der Waals surface area contributed by atoms with Crippen molar-refractivity contribution in [2.24, 2.45) is 0 Å². The third-order valence-corrected chi connectivity index (χ3v) is 3.87. The van der Waals surface area contributed by atoms with E-state index in [2.05, 4.69) is 0 Å². The normalized spacial score (nSPS) is 11.6. The predicted molar refractivity (Wildman–Crippen MR) is 59.0 cm³/mol. The van der Waals surface area contributed by atoms with Crippen LogP contribution in [0.2, 0.25) is 5.02 Å². The molecule has 0 saturated heterocycles. The van der Waals surface area contributed by atoms with Gasteiger partial charge in [0, 0.05) is 16.5 Å². The molecule has 1 aromatic carbocycles. The Balaban J connectivity index is 2.99. The fourth-order valence-electron chi connectivity index (χ4n) is 1.02. The summed E-state index contributed by atoms with van der Waals surface area (Å²) in [6.45, 7) is 1.61. The standard InChI is InChI=1S/C9H12ClNO2S/c1-2-14(12,13)6-7-3-4-8(11)5-9(7)10/h3-5H,2,6,11H2,1H3. The minimum atomic E-state index is -3.03. The molecule has 0 bridgehead atoms. The van der Waals surface area contributed by atoms with Crippen molar-refractivity contribution in [3.05, 3.63) is 28.8 Å². The first-order chi connectivity index (χ1) is 6.44. The molecule has 1 rings (SSSR count). The van der Waals surface area contributed by atoms with E-state index in [-0.39, 0.29) is 11.5 Å². The molecule has 0 radical (unpaired) electrons. The summed E-state index contributed by atoms with van der Waals surface area (Å²) in [5.74, 6) is 0.0936. The molecule has 0 fully saturated rings. The summed E-state index contributed by atoms with van der Waals surface area (Å²) in [6.07, 6.45) is 0. The molecule has 0 aliphatic carbocycles. The van der Waals surface area contributed by atoms with Crippen molar-refractivity contribution in [3.63, 3.8) is 0 Å². The van der Waals surface area contributed by atoms with E-state index in [9.17, 15) is 8.42 Å². The van der Waals surface area contributed by atoms with Crippen LogP contribution in [0.15, 0.2) is 18.2 Å². The first-order valence-electron chi connectivity index (χ1n) is 4.19. The molecule has 78 valence electrons. The van der Waals surface area contributed by atoms with E-state index in [1.807, 2.05) is 0 Å². The second-order valence-corrected chi connectivity index (χ2v) is 5.79. The number of benzene rings is 1. The predicted octanol–water partition coefficient (Wildman–Crippen LogP) is 1.86. The van der Waals surface area contributed by atoms with Gasteiger partial charge >= 0.3 is 0 Å². The summed E-state index contributed by atoms with van der Waals surface area (Å²) >= 11 is 5.85. The van der Waals surface area contributed by atoms with Gasteiger partial charge in [-0.3, -0.25) is 0 Å². The Morgan fingerprint density at radius 3 is 2.57 bits per heavy atom. The fourth-order valence-corrected chi connectivity index (χ4v) is 2.28. The minimum absolute atomic E-state index is 0.0252. The van der Waals surface area contributed by atoms with Crippen LogP contribution >= 0.6 is 11.6 Å². The van der Waals surface area contributed by atoms with Gasteiger partial charge in [-0.05, 0) is 17.7 Å². The molecule has 1 aromatic rings. The van der Waals surface area contributed by atoms with Crippen molar-refractivity contribution in [3.8, 4) is 0 Å². The number of sulfone groups is 1. The van der Waals surface area contributed by atoms with Crippen LogP contribution < -0.4 is 5.73 Å². The fraction of sp³-hybridized carbons (Fsp3) is 0.333. The summed E-state index contributed by atoms with van der Waals surface area (Å²) in [5.41, 5.74) is 6.62. The van der Waals surface area contributed by atoms with Crippen molar-refractivity contribution in [2.75, 3.05) is 11.5 Å². The molecule has 0 heterocycles. The molecule has 0 spiro atoms. The van der Waals surface area contributed by atoms with Gasteiger partial charge in [-0.25, -0.2) is 8.42 Å². The first-order valence-corrected chi connectivity index (χ1v) is 6.39. The average Bonchev–Trinajstić information content (AvgIpc) is 2.10. The maximum Gasteiger partial charge on any atom is 0.154 e. The maximum absolute atomic E-state index is 11.3. The zero-order valence-electron chi connectivity index (χ0n) is 7.83. The molecule has 0 aliphatic rings. The van der Waals surface area contributed by atoms with Crippen LogP contribution in [-0.2, 0) is 15.6 Å². The molecule has 2 N–H and O–H groups in total. The van der Waals surface area contributed by atoms with Crippen LogP contribution in [-0.4, -0.2) is 14.2 Å². The number of halogens is 1. The monoisotopic (exact) mass is 233 g/mol. The van der Waals surface area contributed by atoms with Gasteiger partial charge in [0.15, 0.2) is 9.84 Å². The lowest BCUT2D eigenvalue weighted by atomic mass is 10.2. The van der Waals surface area contributed by atoms with Gasteiger partial charge < -0.3 is 5.73 Å². The van der Waals surface area contributed by atoms with E-state index in [0.29, 0.717) is 16.3 Å². The van der Waals surface area contributed by atoms with E-state index in [4.69, 9.17) is 17.3 Å². The Hall–Kier alpha value is -0.740. The molecule has 0 saturated carbocycles. The zero-order valence-corrected chi connectivity index (χ0v) is 9.40. The lowest BCUT2D eigenvalue weighted by Gasteiger charge is -2.04. The third kappa shape index (κ3) is 2.89. The van der Waals surface area contributed by atoms with E-state index in [0.717, 1.165) is 0 Å². The van der Waals surface area contributed by atoms with Crippen molar-refractivity contribution in [1.82, 2.24) is 0 Å². The van der Waals surface area contributed by atoms with Crippen molar-refractivity contribution >= 4 is 27.1 Å². The lowest BCUT2D eigenvalue weighted by Crippen LogP contribution is -2.07. The molecule has 3 nitrogen and oxygen atoms in total. The quantitative estimate of drug-likeness (QED) is 0.811.